The average Bonchev–Trinajstić information content (AvgIpc) is 2.45. The summed E-state index contributed by atoms with van der Waals surface area (Å²) in [5.41, 5.74) is 8.91. The first-order valence-electron chi connectivity index (χ1n) is 5.65. The Balaban J connectivity index is 2.33. The number of aliphatic hydroxyl groups is 1. The lowest BCUT2D eigenvalue weighted by Crippen LogP contribution is -2.26. The Kier molecular flexibility index (Phi) is 4.07. The van der Waals surface area contributed by atoms with Gasteiger partial charge in [0.05, 0.1) is 5.38 Å². The molecular formula is C14H11ClN2O2. The van der Waals surface area contributed by atoms with Gasteiger partial charge >= 0.3 is 6.21 Å². The van der Waals surface area contributed by atoms with Crippen molar-refractivity contribution in [2.24, 2.45) is 0 Å². The van der Waals surface area contributed by atoms with Gasteiger partial charge in [-0.25, -0.2) is 0 Å². The molecule has 19 heavy (non-hydrogen) atoms. The number of hydrogen-bond donors (Lipinski definition) is 1. The van der Waals surface area contributed by atoms with Gasteiger partial charge in [0.1, 0.15) is 6.10 Å². The van der Waals surface area contributed by atoms with Crippen LogP contribution in [0.1, 0.15) is 10.9 Å². The van der Waals surface area contributed by atoms with Crippen molar-refractivity contribution in [3.63, 3.8) is 0 Å². The molecule has 2 atom stereocenters. The van der Waals surface area contributed by atoms with E-state index in [4.69, 9.17) is 17.1 Å². The van der Waals surface area contributed by atoms with Crippen LogP contribution in [0.15, 0.2) is 42.5 Å². The van der Waals surface area contributed by atoms with E-state index >= 15 is 0 Å². The third-order valence-electron chi connectivity index (χ3n) is 2.85. The number of hydrogen-bond acceptors (Lipinski definition) is 2. The summed E-state index contributed by atoms with van der Waals surface area (Å²) in [6, 6.07) is 13.2. The van der Waals surface area contributed by atoms with Gasteiger partial charge in [-0.1, -0.05) is 36.4 Å². The van der Waals surface area contributed by atoms with Crippen molar-refractivity contribution in [2.45, 2.75) is 11.5 Å². The van der Waals surface area contributed by atoms with E-state index in [-0.39, 0.29) is 0 Å². The number of Topliss-reactive ketones (excluding diaryl/α,β-unsaturated/α-hetero) is 1. The maximum Gasteiger partial charge on any atom is 0.325 e. The second kappa shape index (κ2) is 5.76. The zero-order valence-corrected chi connectivity index (χ0v) is 10.7. The molecule has 5 heteroatoms. The van der Waals surface area contributed by atoms with Crippen LogP contribution >= 0.6 is 11.6 Å². The summed E-state index contributed by atoms with van der Waals surface area (Å²) in [5, 5.41) is 10.9. The zero-order valence-electron chi connectivity index (χ0n) is 9.90. The fourth-order valence-electron chi connectivity index (χ4n) is 1.84. The second-order valence-electron chi connectivity index (χ2n) is 4.10. The van der Waals surface area contributed by atoms with Gasteiger partial charge in [-0.05, 0) is 22.4 Å². The quantitative estimate of drug-likeness (QED) is 0.402. The highest BCUT2D eigenvalue weighted by molar-refractivity contribution is 6.31. The van der Waals surface area contributed by atoms with Gasteiger partial charge in [0.25, 0.3) is 5.78 Å². The lowest BCUT2D eigenvalue weighted by molar-refractivity contribution is -0.123. The van der Waals surface area contributed by atoms with Crippen molar-refractivity contribution >= 4 is 34.4 Å². The Bertz CT molecular complexity index is 665. The monoisotopic (exact) mass is 274 g/mol. The third kappa shape index (κ3) is 2.88. The molecule has 4 nitrogen and oxygen atoms in total. The number of benzene rings is 2. The molecule has 0 spiro atoms. The van der Waals surface area contributed by atoms with Gasteiger partial charge in [0.15, 0.2) is 0 Å². The molecule has 2 aromatic rings. The van der Waals surface area contributed by atoms with Crippen molar-refractivity contribution in [1.29, 1.82) is 0 Å². The molecule has 2 rings (SSSR count). The van der Waals surface area contributed by atoms with E-state index < -0.39 is 17.3 Å². The molecule has 0 aliphatic carbocycles. The molecular weight excluding hydrogens is 264 g/mol. The van der Waals surface area contributed by atoms with Gasteiger partial charge in [-0.15, -0.1) is 11.6 Å². The maximum absolute atomic E-state index is 11.4. The average molecular weight is 275 g/mol. The minimum absolute atomic E-state index is 0.632. The molecule has 0 amide bonds. The molecule has 0 fully saturated rings. The second-order valence-corrected chi connectivity index (χ2v) is 4.57. The SMILES string of the molecule is [N-]=[N+]=CC(=O)[C@H](O)[C@@H](Cl)c1ccc2ccccc2c1. The summed E-state index contributed by atoms with van der Waals surface area (Å²) in [6.07, 6.45) is -0.806. The largest absolute Gasteiger partial charge is 0.383 e. The first-order valence-corrected chi connectivity index (χ1v) is 6.09. The highest BCUT2D eigenvalue weighted by Crippen LogP contribution is 2.27. The lowest BCUT2D eigenvalue weighted by atomic mass is 10.0. The van der Waals surface area contributed by atoms with Crippen LogP contribution in [0.5, 0.6) is 0 Å². The van der Waals surface area contributed by atoms with Crippen molar-refractivity contribution in [3.8, 4) is 0 Å². The first kappa shape index (κ1) is 13.4. The standard InChI is InChI=1S/C14H11ClN2O2/c15-13(14(19)12(18)8-17-16)11-6-5-9-3-1-2-4-10(9)7-11/h1-8,13-14,19H/t13-,14-/m0/s1. The number of alkyl halides is 1. The Labute approximate surface area is 114 Å². The molecule has 0 bridgehead atoms. The minimum atomic E-state index is -1.45. The number of rotatable bonds is 4. The Hall–Kier alpha value is -2.00. The van der Waals surface area contributed by atoms with E-state index in [2.05, 4.69) is 4.79 Å². The number of nitrogens with zero attached hydrogens (tertiary/aromatic N) is 2. The summed E-state index contributed by atoms with van der Waals surface area (Å²) >= 11 is 6.07. The molecule has 0 radical (unpaired) electrons. The van der Waals surface area contributed by atoms with Crippen molar-refractivity contribution in [1.82, 2.24) is 0 Å². The minimum Gasteiger partial charge on any atom is -0.383 e. The predicted molar refractivity (Wildman–Crippen MR) is 73.2 cm³/mol. The molecule has 1 N–H and O–H groups in total. The molecule has 0 heterocycles. The van der Waals surface area contributed by atoms with Gasteiger partial charge in [0.2, 0.25) is 0 Å². The molecule has 0 aliphatic rings. The highest BCUT2D eigenvalue weighted by Gasteiger charge is 2.26. The number of fused-ring (bicyclic) bond motifs is 1. The van der Waals surface area contributed by atoms with E-state index in [0.717, 1.165) is 10.8 Å². The van der Waals surface area contributed by atoms with Crippen LogP contribution in [0.4, 0.5) is 0 Å². The number of carbonyl (C=O) groups excluding carboxylic acids is 1. The van der Waals surface area contributed by atoms with Crippen molar-refractivity contribution in [3.05, 3.63) is 53.6 Å². The van der Waals surface area contributed by atoms with Gasteiger partial charge < -0.3 is 10.6 Å². The summed E-state index contributed by atoms with van der Waals surface area (Å²) in [4.78, 5) is 14.0. The van der Waals surface area contributed by atoms with Gasteiger partial charge in [-0.2, -0.15) is 4.79 Å². The van der Waals surface area contributed by atoms with E-state index in [9.17, 15) is 9.90 Å². The highest BCUT2D eigenvalue weighted by atomic mass is 35.5. The molecule has 0 aliphatic heterocycles. The van der Waals surface area contributed by atoms with Crippen LogP contribution in [-0.2, 0) is 4.79 Å². The van der Waals surface area contributed by atoms with Crippen LogP contribution in [0.25, 0.3) is 16.3 Å². The van der Waals surface area contributed by atoms with E-state index in [1.807, 2.05) is 36.4 Å². The lowest BCUT2D eigenvalue weighted by Gasteiger charge is -2.14. The van der Waals surface area contributed by atoms with Crippen LogP contribution in [0.3, 0.4) is 0 Å². The summed E-state index contributed by atoms with van der Waals surface area (Å²) in [6.45, 7) is 0. The van der Waals surface area contributed by atoms with E-state index in [1.165, 1.54) is 0 Å². The summed E-state index contributed by atoms with van der Waals surface area (Å²) in [7, 11) is 0. The molecule has 0 saturated heterocycles. The number of halogens is 1. The molecule has 0 unspecified atom stereocenters. The van der Waals surface area contributed by atoms with Crippen LogP contribution < -0.4 is 0 Å². The normalized spacial score (nSPS) is 13.6. The molecule has 0 saturated carbocycles. The van der Waals surface area contributed by atoms with E-state index in [1.54, 1.807) is 6.07 Å². The summed E-state index contributed by atoms with van der Waals surface area (Å²) < 4.78 is 0. The van der Waals surface area contributed by atoms with Crippen LogP contribution in [0.2, 0.25) is 0 Å². The Morgan fingerprint density at radius 2 is 1.95 bits per heavy atom. The zero-order chi connectivity index (χ0) is 13.8. The van der Waals surface area contributed by atoms with Crippen LogP contribution in [0, 0.1) is 0 Å². The number of ketones is 1. The number of carbonyl (C=O) groups is 1. The fraction of sp³-hybridized carbons (Fsp3) is 0.143. The third-order valence-corrected chi connectivity index (χ3v) is 3.34. The number of aliphatic hydroxyl groups excluding tert-OH is 1. The summed E-state index contributed by atoms with van der Waals surface area (Å²) in [5.74, 6) is -0.740. The Morgan fingerprint density at radius 3 is 2.63 bits per heavy atom. The fourth-order valence-corrected chi connectivity index (χ4v) is 2.10. The molecule has 2 aromatic carbocycles. The predicted octanol–water partition coefficient (Wildman–Crippen LogP) is 2.35. The van der Waals surface area contributed by atoms with Crippen molar-refractivity contribution in [2.75, 3.05) is 0 Å². The van der Waals surface area contributed by atoms with Gasteiger partial charge in [0, 0.05) is 0 Å². The molecule has 96 valence electrons. The topological polar surface area (TPSA) is 73.7 Å². The van der Waals surface area contributed by atoms with Crippen molar-refractivity contribution < 1.29 is 14.7 Å². The Morgan fingerprint density at radius 1 is 1.26 bits per heavy atom. The maximum atomic E-state index is 11.4. The molecule has 0 aromatic heterocycles. The van der Waals surface area contributed by atoms with Gasteiger partial charge in [-0.3, -0.25) is 4.79 Å². The first-order chi connectivity index (χ1) is 9.13. The van der Waals surface area contributed by atoms with E-state index in [0.29, 0.717) is 11.8 Å². The van der Waals surface area contributed by atoms with Crippen LogP contribution in [-0.4, -0.2) is 28.0 Å². The smallest absolute Gasteiger partial charge is 0.325 e.